The normalized spacial score (nSPS) is 19.9. The summed E-state index contributed by atoms with van der Waals surface area (Å²) in [6.07, 6.45) is -3.60. The summed E-state index contributed by atoms with van der Waals surface area (Å²) in [6, 6.07) is 1.48. The molecular formula is C12H16F3N3O2. The van der Waals surface area contributed by atoms with Crippen LogP contribution in [0.4, 0.5) is 19.1 Å². The third-order valence-corrected chi connectivity index (χ3v) is 3.25. The maximum atomic E-state index is 12.8. The van der Waals surface area contributed by atoms with Crippen LogP contribution in [0.25, 0.3) is 0 Å². The third kappa shape index (κ3) is 3.23. The second kappa shape index (κ2) is 5.72. The first-order chi connectivity index (χ1) is 9.44. The minimum Gasteiger partial charge on any atom is -0.481 e. The van der Waals surface area contributed by atoms with Gasteiger partial charge in [-0.3, -0.25) is 0 Å². The first-order valence-electron chi connectivity index (χ1n) is 6.22. The molecule has 112 valence electrons. The van der Waals surface area contributed by atoms with Crippen molar-refractivity contribution in [3.8, 4) is 11.8 Å². The molecule has 1 aliphatic rings. The molecule has 1 aliphatic heterocycles. The van der Waals surface area contributed by atoms with Gasteiger partial charge in [0.25, 0.3) is 0 Å². The topological polar surface area (TPSA) is 47.5 Å². The number of methoxy groups -OCH3 is 2. The van der Waals surface area contributed by atoms with E-state index in [2.05, 4.69) is 9.97 Å². The second-order valence-electron chi connectivity index (χ2n) is 4.58. The van der Waals surface area contributed by atoms with E-state index in [0.29, 0.717) is 13.0 Å². The predicted octanol–water partition coefficient (Wildman–Crippen LogP) is 2.27. The Morgan fingerprint density at radius 2 is 1.80 bits per heavy atom. The Morgan fingerprint density at radius 1 is 1.20 bits per heavy atom. The molecule has 0 aliphatic carbocycles. The van der Waals surface area contributed by atoms with E-state index in [4.69, 9.17) is 9.47 Å². The molecule has 0 radical (unpaired) electrons. The Labute approximate surface area is 114 Å². The highest BCUT2D eigenvalue weighted by Crippen LogP contribution is 2.34. The van der Waals surface area contributed by atoms with Gasteiger partial charge in [-0.05, 0) is 12.8 Å². The fourth-order valence-corrected chi connectivity index (χ4v) is 2.17. The molecule has 1 saturated heterocycles. The number of nitrogens with zero attached hydrogens (tertiary/aromatic N) is 3. The van der Waals surface area contributed by atoms with Crippen LogP contribution in [0, 0.1) is 5.92 Å². The lowest BCUT2D eigenvalue weighted by molar-refractivity contribution is -0.176. The molecule has 0 amide bonds. The molecule has 2 heterocycles. The van der Waals surface area contributed by atoms with E-state index in [1.807, 2.05) is 0 Å². The third-order valence-electron chi connectivity index (χ3n) is 3.25. The van der Waals surface area contributed by atoms with E-state index in [1.54, 1.807) is 0 Å². The molecule has 1 fully saturated rings. The maximum absolute atomic E-state index is 12.8. The zero-order valence-electron chi connectivity index (χ0n) is 11.3. The van der Waals surface area contributed by atoms with Gasteiger partial charge in [0.05, 0.1) is 26.2 Å². The minimum absolute atomic E-state index is 0.139. The van der Waals surface area contributed by atoms with Crippen LogP contribution in [0.2, 0.25) is 0 Å². The van der Waals surface area contributed by atoms with Crippen molar-refractivity contribution in [1.29, 1.82) is 0 Å². The Hall–Kier alpha value is -1.73. The SMILES string of the molecule is COc1cc(OC)nc(N2CCCC(C(F)(F)F)C2)n1. The van der Waals surface area contributed by atoms with Crippen molar-refractivity contribution in [1.82, 2.24) is 9.97 Å². The van der Waals surface area contributed by atoms with E-state index in [9.17, 15) is 13.2 Å². The number of hydrogen-bond donors (Lipinski definition) is 0. The molecule has 2 rings (SSSR count). The average Bonchev–Trinajstić information content (AvgIpc) is 2.46. The quantitative estimate of drug-likeness (QED) is 0.855. The van der Waals surface area contributed by atoms with Crippen LogP contribution in [0.15, 0.2) is 6.07 Å². The predicted molar refractivity (Wildman–Crippen MR) is 66.1 cm³/mol. The molecule has 1 aromatic rings. The summed E-state index contributed by atoms with van der Waals surface area (Å²) >= 11 is 0. The standard InChI is InChI=1S/C12H16F3N3O2/c1-19-9-6-10(20-2)17-11(16-9)18-5-3-4-8(7-18)12(13,14)15/h6,8H,3-5,7H2,1-2H3. The summed E-state index contributed by atoms with van der Waals surface area (Å²) in [6.45, 7) is 0.350. The van der Waals surface area contributed by atoms with Crippen LogP contribution in [-0.2, 0) is 0 Å². The Balaban J connectivity index is 2.22. The van der Waals surface area contributed by atoms with E-state index in [0.717, 1.165) is 0 Å². The van der Waals surface area contributed by atoms with Crippen LogP contribution >= 0.6 is 0 Å². The first kappa shape index (κ1) is 14.7. The maximum Gasteiger partial charge on any atom is 0.393 e. The van der Waals surface area contributed by atoms with Crippen molar-refractivity contribution >= 4 is 5.95 Å². The van der Waals surface area contributed by atoms with Gasteiger partial charge in [-0.2, -0.15) is 23.1 Å². The molecule has 1 atom stereocenters. The number of alkyl halides is 3. The van der Waals surface area contributed by atoms with Gasteiger partial charge < -0.3 is 14.4 Å². The molecule has 0 aromatic carbocycles. The summed E-state index contributed by atoms with van der Waals surface area (Å²) in [7, 11) is 2.86. The number of halogens is 3. The van der Waals surface area contributed by atoms with Crippen molar-refractivity contribution in [3.63, 3.8) is 0 Å². The van der Waals surface area contributed by atoms with Crippen molar-refractivity contribution in [2.45, 2.75) is 19.0 Å². The zero-order chi connectivity index (χ0) is 14.8. The van der Waals surface area contributed by atoms with Crippen molar-refractivity contribution in [3.05, 3.63) is 6.07 Å². The smallest absolute Gasteiger partial charge is 0.393 e. The van der Waals surface area contributed by atoms with E-state index < -0.39 is 12.1 Å². The van der Waals surface area contributed by atoms with Crippen molar-refractivity contribution < 1.29 is 22.6 Å². The molecule has 0 saturated carbocycles. The number of anilines is 1. The summed E-state index contributed by atoms with van der Waals surface area (Å²) in [5.41, 5.74) is 0. The van der Waals surface area contributed by atoms with Crippen LogP contribution in [0.5, 0.6) is 11.8 Å². The van der Waals surface area contributed by atoms with Crippen LogP contribution in [0.3, 0.4) is 0 Å². The molecule has 1 unspecified atom stereocenters. The molecule has 20 heavy (non-hydrogen) atoms. The number of aromatic nitrogens is 2. The Kier molecular flexibility index (Phi) is 4.20. The Bertz CT molecular complexity index is 446. The van der Waals surface area contributed by atoms with Crippen LogP contribution in [0.1, 0.15) is 12.8 Å². The lowest BCUT2D eigenvalue weighted by Crippen LogP contribution is -2.42. The highest BCUT2D eigenvalue weighted by Gasteiger charge is 2.42. The molecule has 0 spiro atoms. The fourth-order valence-electron chi connectivity index (χ4n) is 2.17. The summed E-state index contributed by atoms with van der Waals surface area (Å²) in [5.74, 6) is -0.617. The monoisotopic (exact) mass is 291 g/mol. The van der Waals surface area contributed by atoms with Gasteiger partial charge in [-0.25, -0.2) is 0 Å². The van der Waals surface area contributed by atoms with Gasteiger partial charge in [0.15, 0.2) is 0 Å². The average molecular weight is 291 g/mol. The fraction of sp³-hybridized carbons (Fsp3) is 0.667. The van der Waals surface area contributed by atoms with Gasteiger partial charge in [-0.15, -0.1) is 0 Å². The van der Waals surface area contributed by atoms with Crippen molar-refractivity contribution in [2.24, 2.45) is 5.92 Å². The van der Waals surface area contributed by atoms with Gasteiger partial charge in [0.2, 0.25) is 17.7 Å². The molecule has 0 bridgehead atoms. The highest BCUT2D eigenvalue weighted by molar-refractivity contribution is 5.37. The molecule has 0 N–H and O–H groups in total. The number of hydrogen-bond acceptors (Lipinski definition) is 5. The van der Waals surface area contributed by atoms with Crippen molar-refractivity contribution in [2.75, 3.05) is 32.2 Å². The van der Waals surface area contributed by atoms with E-state index in [1.165, 1.54) is 25.2 Å². The minimum atomic E-state index is -4.19. The zero-order valence-corrected chi connectivity index (χ0v) is 11.3. The number of rotatable bonds is 3. The molecular weight excluding hydrogens is 275 g/mol. The van der Waals surface area contributed by atoms with Gasteiger partial charge in [0, 0.05) is 13.1 Å². The van der Waals surface area contributed by atoms with Crippen LogP contribution in [-0.4, -0.2) is 43.5 Å². The van der Waals surface area contributed by atoms with Gasteiger partial charge in [-0.1, -0.05) is 0 Å². The Morgan fingerprint density at radius 3 is 2.30 bits per heavy atom. The molecule has 5 nitrogen and oxygen atoms in total. The lowest BCUT2D eigenvalue weighted by Gasteiger charge is -2.33. The summed E-state index contributed by atoms with van der Waals surface area (Å²) in [4.78, 5) is 9.69. The van der Waals surface area contributed by atoms with Gasteiger partial charge in [0.1, 0.15) is 0 Å². The van der Waals surface area contributed by atoms with Crippen LogP contribution < -0.4 is 14.4 Å². The largest absolute Gasteiger partial charge is 0.481 e. The number of ether oxygens (including phenoxy) is 2. The summed E-state index contributed by atoms with van der Waals surface area (Å²) < 4.78 is 48.4. The van der Waals surface area contributed by atoms with E-state index in [-0.39, 0.29) is 30.7 Å². The first-order valence-corrected chi connectivity index (χ1v) is 6.22. The molecule has 1 aromatic heterocycles. The van der Waals surface area contributed by atoms with E-state index >= 15 is 0 Å². The second-order valence-corrected chi connectivity index (χ2v) is 4.58. The number of piperidine rings is 1. The highest BCUT2D eigenvalue weighted by atomic mass is 19.4. The van der Waals surface area contributed by atoms with Gasteiger partial charge >= 0.3 is 6.18 Å². The molecule has 8 heteroatoms. The lowest BCUT2D eigenvalue weighted by atomic mass is 9.98. The summed E-state index contributed by atoms with van der Waals surface area (Å²) in [5, 5.41) is 0.